The van der Waals surface area contributed by atoms with Crippen LogP contribution in [-0.4, -0.2) is 37.5 Å². The highest BCUT2D eigenvalue weighted by Crippen LogP contribution is 2.26. The molecule has 0 atom stereocenters. The number of esters is 2. The fourth-order valence-corrected chi connectivity index (χ4v) is 3.13. The summed E-state index contributed by atoms with van der Waals surface area (Å²) in [5, 5.41) is 2.56. The van der Waals surface area contributed by atoms with E-state index in [0.717, 1.165) is 0 Å². The summed E-state index contributed by atoms with van der Waals surface area (Å²) in [6, 6.07) is 24.3. The van der Waals surface area contributed by atoms with E-state index < -0.39 is 24.5 Å². The molecule has 0 heterocycles. The molecule has 2 amide bonds. The molecule has 3 rings (SSSR count). The van der Waals surface area contributed by atoms with Gasteiger partial charge in [-0.3, -0.25) is 19.3 Å². The van der Waals surface area contributed by atoms with E-state index in [9.17, 15) is 19.2 Å². The lowest BCUT2D eigenvalue weighted by atomic mass is 10.2. The molecule has 3 aromatic rings. The summed E-state index contributed by atoms with van der Waals surface area (Å²) >= 11 is 0. The molecular weight excluding hydrogens is 436 g/mol. The Balaban J connectivity index is 1.50. The molecule has 0 saturated heterocycles. The second kappa shape index (κ2) is 12.0. The Morgan fingerprint density at radius 2 is 1.32 bits per heavy atom. The van der Waals surface area contributed by atoms with Gasteiger partial charge in [-0.1, -0.05) is 36.4 Å². The Kier molecular flexibility index (Phi) is 8.51. The third-order valence-electron chi connectivity index (χ3n) is 4.78. The van der Waals surface area contributed by atoms with Crippen molar-refractivity contribution < 1.29 is 28.7 Å². The zero-order chi connectivity index (χ0) is 24.3. The fourth-order valence-electron chi connectivity index (χ4n) is 3.13. The van der Waals surface area contributed by atoms with Gasteiger partial charge >= 0.3 is 11.9 Å². The predicted molar refractivity (Wildman–Crippen MR) is 127 cm³/mol. The maximum Gasteiger partial charge on any atom is 0.337 e. The quantitative estimate of drug-likeness (QED) is 0.483. The largest absolute Gasteiger partial charge is 0.465 e. The number of hydrogen-bond acceptors (Lipinski definition) is 6. The van der Waals surface area contributed by atoms with Crippen LogP contribution in [0.4, 0.5) is 17.1 Å². The fraction of sp³-hybridized carbons (Fsp3) is 0.154. The van der Waals surface area contributed by atoms with Gasteiger partial charge in [-0.25, -0.2) is 4.79 Å². The predicted octanol–water partition coefficient (Wildman–Crippen LogP) is 4.10. The molecule has 3 aromatic carbocycles. The van der Waals surface area contributed by atoms with Crippen LogP contribution < -0.4 is 10.2 Å². The van der Waals surface area contributed by atoms with Gasteiger partial charge in [-0.05, 0) is 48.5 Å². The Hall–Kier alpha value is -4.46. The standard InChI is InChI=1S/C26H24N2O6/c1-33-26(32)19-12-14-20(15-13-19)27-23(29)18-34-25(31)17-16-24(30)28(21-8-4-2-5-9-21)22-10-6-3-7-11-22/h2-15H,16-18H2,1H3,(H,27,29). The minimum Gasteiger partial charge on any atom is -0.465 e. The van der Waals surface area contributed by atoms with Crippen LogP contribution in [-0.2, 0) is 23.9 Å². The molecule has 0 aliphatic rings. The average Bonchev–Trinajstić information content (AvgIpc) is 2.87. The van der Waals surface area contributed by atoms with Gasteiger partial charge < -0.3 is 14.8 Å². The zero-order valence-electron chi connectivity index (χ0n) is 18.6. The van der Waals surface area contributed by atoms with Gasteiger partial charge in [0.25, 0.3) is 5.91 Å². The highest BCUT2D eigenvalue weighted by molar-refractivity contribution is 6.01. The molecule has 0 aromatic heterocycles. The number of rotatable bonds is 9. The van der Waals surface area contributed by atoms with Gasteiger partial charge in [0.1, 0.15) is 0 Å². The number of nitrogens with one attached hydrogen (secondary N) is 1. The SMILES string of the molecule is COC(=O)c1ccc(NC(=O)COC(=O)CCC(=O)N(c2ccccc2)c2ccccc2)cc1. The summed E-state index contributed by atoms with van der Waals surface area (Å²) in [5.74, 6) is -1.96. The molecule has 174 valence electrons. The third kappa shape index (κ3) is 6.77. The van der Waals surface area contributed by atoms with E-state index in [0.29, 0.717) is 22.6 Å². The number of methoxy groups -OCH3 is 1. The van der Waals surface area contributed by atoms with Crippen molar-refractivity contribution in [2.75, 3.05) is 23.9 Å². The number of benzene rings is 3. The zero-order valence-corrected chi connectivity index (χ0v) is 18.6. The summed E-state index contributed by atoms with van der Waals surface area (Å²) in [5.41, 5.74) is 2.15. The molecule has 1 N–H and O–H groups in total. The lowest BCUT2D eigenvalue weighted by molar-refractivity contribution is -0.148. The lowest BCUT2D eigenvalue weighted by Gasteiger charge is -2.23. The Bertz CT molecular complexity index is 1090. The lowest BCUT2D eigenvalue weighted by Crippen LogP contribution is -2.27. The molecule has 0 saturated carbocycles. The van der Waals surface area contributed by atoms with Gasteiger partial charge in [0, 0.05) is 23.5 Å². The molecule has 34 heavy (non-hydrogen) atoms. The second-order valence-corrected chi connectivity index (χ2v) is 7.18. The van der Waals surface area contributed by atoms with Gasteiger partial charge in [0.05, 0.1) is 19.1 Å². The summed E-state index contributed by atoms with van der Waals surface area (Å²) in [7, 11) is 1.28. The topological polar surface area (TPSA) is 102 Å². The molecule has 0 spiro atoms. The van der Waals surface area contributed by atoms with E-state index in [4.69, 9.17) is 4.74 Å². The van der Waals surface area contributed by atoms with Crippen molar-refractivity contribution in [3.63, 3.8) is 0 Å². The van der Waals surface area contributed by atoms with Crippen molar-refractivity contribution in [2.24, 2.45) is 0 Å². The van der Waals surface area contributed by atoms with Crippen LogP contribution in [0.5, 0.6) is 0 Å². The van der Waals surface area contributed by atoms with Gasteiger partial charge in [-0.2, -0.15) is 0 Å². The van der Waals surface area contributed by atoms with Crippen LogP contribution in [0.15, 0.2) is 84.9 Å². The average molecular weight is 460 g/mol. The summed E-state index contributed by atoms with van der Waals surface area (Å²) in [6.07, 6.45) is -0.255. The molecular formula is C26H24N2O6. The Morgan fingerprint density at radius 3 is 1.85 bits per heavy atom. The third-order valence-corrected chi connectivity index (χ3v) is 4.78. The maximum atomic E-state index is 12.9. The van der Waals surface area contributed by atoms with Crippen LogP contribution in [0.3, 0.4) is 0 Å². The minimum absolute atomic E-state index is 0.0841. The van der Waals surface area contributed by atoms with E-state index in [1.165, 1.54) is 36.3 Å². The number of anilines is 3. The van der Waals surface area contributed by atoms with Gasteiger partial charge in [0.15, 0.2) is 6.61 Å². The molecule has 0 aliphatic carbocycles. The van der Waals surface area contributed by atoms with E-state index in [-0.39, 0.29) is 18.7 Å². The number of nitrogens with zero attached hydrogens (tertiary/aromatic N) is 1. The first-order valence-electron chi connectivity index (χ1n) is 10.5. The van der Waals surface area contributed by atoms with E-state index in [1.807, 2.05) is 60.7 Å². The van der Waals surface area contributed by atoms with Crippen LogP contribution in [0.2, 0.25) is 0 Å². The summed E-state index contributed by atoms with van der Waals surface area (Å²) < 4.78 is 9.62. The monoisotopic (exact) mass is 460 g/mol. The summed E-state index contributed by atoms with van der Waals surface area (Å²) in [6.45, 7) is -0.493. The first-order valence-corrected chi connectivity index (χ1v) is 10.5. The van der Waals surface area contributed by atoms with Gasteiger partial charge in [0.2, 0.25) is 5.91 Å². The highest BCUT2D eigenvalue weighted by atomic mass is 16.5. The van der Waals surface area contributed by atoms with Crippen LogP contribution >= 0.6 is 0 Å². The Labute approximate surface area is 197 Å². The Morgan fingerprint density at radius 1 is 0.765 bits per heavy atom. The second-order valence-electron chi connectivity index (χ2n) is 7.18. The maximum absolute atomic E-state index is 12.9. The molecule has 0 bridgehead atoms. The van der Waals surface area contributed by atoms with Crippen molar-refractivity contribution in [3.8, 4) is 0 Å². The number of para-hydroxylation sites is 2. The van der Waals surface area contributed by atoms with Crippen molar-refractivity contribution in [1.82, 2.24) is 0 Å². The minimum atomic E-state index is -0.661. The molecule has 8 nitrogen and oxygen atoms in total. The van der Waals surface area contributed by atoms with E-state index >= 15 is 0 Å². The number of ether oxygens (including phenoxy) is 2. The van der Waals surface area contributed by atoms with Crippen molar-refractivity contribution >= 4 is 40.8 Å². The number of carbonyl (C=O) groups excluding carboxylic acids is 4. The van der Waals surface area contributed by atoms with Gasteiger partial charge in [-0.15, -0.1) is 0 Å². The molecule has 0 unspecified atom stereocenters. The molecule has 8 heteroatoms. The first kappa shape index (κ1) is 24.2. The van der Waals surface area contributed by atoms with E-state index in [2.05, 4.69) is 10.1 Å². The van der Waals surface area contributed by atoms with Crippen LogP contribution in [0.1, 0.15) is 23.2 Å². The first-order chi connectivity index (χ1) is 16.5. The highest BCUT2D eigenvalue weighted by Gasteiger charge is 2.19. The van der Waals surface area contributed by atoms with Crippen molar-refractivity contribution in [1.29, 1.82) is 0 Å². The van der Waals surface area contributed by atoms with Crippen molar-refractivity contribution in [2.45, 2.75) is 12.8 Å². The number of hydrogen-bond donors (Lipinski definition) is 1. The molecule has 0 aliphatic heterocycles. The molecule has 0 radical (unpaired) electrons. The van der Waals surface area contributed by atoms with Crippen molar-refractivity contribution in [3.05, 3.63) is 90.5 Å². The smallest absolute Gasteiger partial charge is 0.337 e. The number of carbonyl (C=O) groups is 4. The van der Waals surface area contributed by atoms with Crippen LogP contribution in [0, 0.1) is 0 Å². The van der Waals surface area contributed by atoms with Crippen LogP contribution in [0.25, 0.3) is 0 Å². The number of amides is 2. The molecule has 0 fully saturated rings. The normalized spacial score (nSPS) is 10.1. The summed E-state index contributed by atoms with van der Waals surface area (Å²) in [4.78, 5) is 50.1. The van der Waals surface area contributed by atoms with E-state index in [1.54, 1.807) is 0 Å².